The van der Waals surface area contributed by atoms with Gasteiger partial charge >= 0.3 is 0 Å². The number of ether oxygens (including phenoxy) is 3. The molecule has 9 atom stereocenters. The number of para-hydroxylation sites is 1. The van der Waals surface area contributed by atoms with Crippen LogP contribution < -0.4 is 20.1 Å². The molecule has 0 unspecified atom stereocenters. The summed E-state index contributed by atoms with van der Waals surface area (Å²) in [6, 6.07) is 31.4. The molecule has 0 saturated carbocycles. The first-order chi connectivity index (χ1) is 28.2. The van der Waals surface area contributed by atoms with Crippen molar-refractivity contribution >= 4 is 48.0 Å². The number of carbonyl (C=O) groups excluding carboxylic acids is 3. The van der Waals surface area contributed by atoms with Crippen molar-refractivity contribution in [1.29, 1.82) is 0 Å². The fourth-order valence-electron chi connectivity index (χ4n) is 9.16. The maximum absolute atomic E-state index is 15.4. The van der Waals surface area contributed by atoms with Crippen LogP contribution in [0.2, 0.25) is 18.6 Å². The van der Waals surface area contributed by atoms with Crippen molar-refractivity contribution in [2.45, 2.75) is 80.9 Å². The van der Waals surface area contributed by atoms with Gasteiger partial charge in [0.05, 0.1) is 40.0 Å². The molecule has 6 N–H and O–H groups in total. The van der Waals surface area contributed by atoms with E-state index in [1.807, 2.05) is 91.9 Å². The van der Waals surface area contributed by atoms with Crippen molar-refractivity contribution in [2.75, 3.05) is 30.5 Å². The highest BCUT2D eigenvalue weighted by molar-refractivity contribution is 6.91. The van der Waals surface area contributed by atoms with Gasteiger partial charge in [0.15, 0.2) is 18.0 Å². The van der Waals surface area contributed by atoms with Crippen LogP contribution in [0, 0.1) is 5.92 Å². The third-order valence-electron chi connectivity index (χ3n) is 12.2. The summed E-state index contributed by atoms with van der Waals surface area (Å²) in [6.45, 7) is 6.51. The smallest absolute Gasteiger partial charge is 0.268 e. The lowest BCUT2D eigenvalue weighted by atomic mass is 9.82. The summed E-state index contributed by atoms with van der Waals surface area (Å²) >= 11 is 0. The second-order valence-corrected chi connectivity index (χ2v) is 20.7. The molecule has 0 aromatic heterocycles. The quantitative estimate of drug-likeness (QED) is 0.115. The van der Waals surface area contributed by atoms with Gasteiger partial charge in [-0.05, 0) is 53.6 Å². The Morgan fingerprint density at radius 2 is 1.56 bits per heavy atom. The number of aliphatic hydroxyl groups excluding tert-OH is 5. The molecule has 3 amide bonds. The standard InChI is InChI=1S/C44H51N3O11Si/c1-26-40(59(3,4)31-18-16-30(56-2)17-19-31)34(24-35(49)46(21-22-48)25-27-11-7-5-8-12-27)58-44(26)32-23-28(45-41(53)39-37(51)36(50)38(52)42(54)57-39)15-20-33(32)47(43(44)55)29-13-9-6-10-14-29/h5-20,23,26,34,36-40,42,48,50-52,54H,21-22,24-25H2,1-4H3,(H,45,53)/t26-,34+,36+,37+,38-,39+,40-,42-,44+/m1/s1. The van der Waals surface area contributed by atoms with Crippen molar-refractivity contribution in [3.8, 4) is 5.75 Å². The second kappa shape index (κ2) is 16.9. The molecule has 0 aliphatic carbocycles. The normalized spacial score (nSPS) is 27.7. The van der Waals surface area contributed by atoms with E-state index < -0.39 is 62.3 Å². The van der Waals surface area contributed by atoms with E-state index in [2.05, 4.69) is 18.4 Å². The zero-order chi connectivity index (χ0) is 42.2. The number of hydrogen-bond acceptors (Lipinski definition) is 11. The SMILES string of the molecule is COc1ccc([Si](C)(C)[C@H]2[C@H](CC(=O)N(CCO)Cc3ccccc3)O[C@@]3(C(=O)N(c4ccccc4)c4ccc(NC(=O)[C@H]5O[C@@H](O)[C@H](O)[C@@H](O)[C@@H]5O)cc43)[C@@H]2C)cc1. The molecule has 7 rings (SSSR count). The molecule has 2 saturated heterocycles. The van der Waals surface area contributed by atoms with Crippen LogP contribution in [0.15, 0.2) is 103 Å². The molecule has 3 aliphatic heterocycles. The molecular weight excluding hydrogens is 775 g/mol. The summed E-state index contributed by atoms with van der Waals surface area (Å²) < 4.78 is 17.8. The highest BCUT2D eigenvalue weighted by atomic mass is 28.3. The second-order valence-electron chi connectivity index (χ2n) is 16.0. The number of rotatable bonds is 12. The van der Waals surface area contributed by atoms with Gasteiger partial charge in [-0.1, -0.05) is 85.9 Å². The molecule has 15 heteroatoms. The maximum atomic E-state index is 15.4. The monoisotopic (exact) mass is 825 g/mol. The van der Waals surface area contributed by atoms with E-state index in [1.165, 1.54) is 0 Å². The fourth-order valence-corrected chi connectivity index (χ4v) is 13.2. The summed E-state index contributed by atoms with van der Waals surface area (Å²) in [7, 11) is -1.09. The predicted octanol–water partition coefficient (Wildman–Crippen LogP) is 2.74. The highest BCUT2D eigenvalue weighted by Gasteiger charge is 2.67. The number of amides is 3. The number of carbonyl (C=O) groups is 3. The fraction of sp³-hybridized carbons (Fsp3) is 0.386. The minimum absolute atomic E-state index is 0.0754. The number of benzene rings is 4. The topological polar surface area (TPSA) is 199 Å². The zero-order valence-corrected chi connectivity index (χ0v) is 34.3. The lowest BCUT2D eigenvalue weighted by Crippen LogP contribution is -2.60. The third-order valence-corrected chi connectivity index (χ3v) is 16.5. The van der Waals surface area contributed by atoms with Crippen LogP contribution in [0.1, 0.15) is 24.5 Å². The molecule has 14 nitrogen and oxygen atoms in total. The van der Waals surface area contributed by atoms with Crippen LogP contribution in [0.3, 0.4) is 0 Å². The Morgan fingerprint density at radius 3 is 2.20 bits per heavy atom. The number of anilines is 3. The van der Waals surface area contributed by atoms with E-state index in [0.717, 1.165) is 10.8 Å². The van der Waals surface area contributed by atoms with E-state index in [0.29, 0.717) is 22.7 Å². The van der Waals surface area contributed by atoms with Crippen LogP contribution in [-0.4, -0.2) is 113 Å². The first kappa shape index (κ1) is 42.2. The Balaban J connectivity index is 1.32. The molecule has 0 bridgehead atoms. The van der Waals surface area contributed by atoms with Crippen molar-refractivity contribution in [1.82, 2.24) is 4.90 Å². The molecule has 3 aliphatic rings. The van der Waals surface area contributed by atoms with Crippen LogP contribution in [0.4, 0.5) is 17.1 Å². The van der Waals surface area contributed by atoms with Gasteiger partial charge in [-0.15, -0.1) is 0 Å². The first-order valence-electron chi connectivity index (χ1n) is 19.7. The molecule has 3 heterocycles. The van der Waals surface area contributed by atoms with Crippen molar-refractivity contribution in [2.24, 2.45) is 5.92 Å². The van der Waals surface area contributed by atoms with Gasteiger partial charge in [-0.25, -0.2) is 0 Å². The van der Waals surface area contributed by atoms with Gasteiger partial charge in [0.1, 0.15) is 24.1 Å². The molecule has 59 heavy (non-hydrogen) atoms. The summed E-state index contributed by atoms with van der Waals surface area (Å²) in [5.74, 6) is -1.34. The predicted molar refractivity (Wildman–Crippen MR) is 221 cm³/mol. The van der Waals surface area contributed by atoms with E-state index in [-0.39, 0.29) is 49.2 Å². The molecule has 0 radical (unpaired) electrons. The number of fused-ring (bicyclic) bond motifs is 2. The molecule has 4 aromatic carbocycles. The van der Waals surface area contributed by atoms with Crippen LogP contribution in [0.5, 0.6) is 5.75 Å². The molecule has 1 spiro atoms. The van der Waals surface area contributed by atoms with Crippen LogP contribution >= 0.6 is 0 Å². The van der Waals surface area contributed by atoms with Crippen molar-refractivity contribution in [3.63, 3.8) is 0 Å². The van der Waals surface area contributed by atoms with Gasteiger partial charge in [0.25, 0.3) is 11.8 Å². The van der Waals surface area contributed by atoms with E-state index in [4.69, 9.17) is 14.2 Å². The highest BCUT2D eigenvalue weighted by Crippen LogP contribution is 2.61. The van der Waals surface area contributed by atoms with E-state index >= 15 is 4.79 Å². The summed E-state index contributed by atoms with van der Waals surface area (Å²) in [4.78, 5) is 46.6. The van der Waals surface area contributed by atoms with Crippen molar-refractivity contribution in [3.05, 3.63) is 114 Å². The maximum Gasteiger partial charge on any atom is 0.268 e. The Labute approximate surface area is 343 Å². The van der Waals surface area contributed by atoms with Crippen LogP contribution in [0.25, 0.3) is 0 Å². The third kappa shape index (κ3) is 7.69. The number of aliphatic hydroxyl groups is 5. The largest absolute Gasteiger partial charge is 0.497 e. The van der Waals surface area contributed by atoms with E-state index in [1.54, 1.807) is 35.1 Å². The van der Waals surface area contributed by atoms with Gasteiger partial charge in [0, 0.05) is 35.9 Å². The first-order valence-corrected chi connectivity index (χ1v) is 22.8. The van der Waals surface area contributed by atoms with Gasteiger partial charge in [0.2, 0.25) is 5.91 Å². The molecular formula is C44H51N3O11Si. The average Bonchev–Trinajstić information content (AvgIpc) is 3.67. The van der Waals surface area contributed by atoms with Crippen LogP contribution in [-0.2, 0) is 36.0 Å². The Hall–Kier alpha value is -4.97. The number of nitrogens with one attached hydrogen (secondary N) is 1. The number of methoxy groups -OCH3 is 1. The lowest BCUT2D eigenvalue weighted by molar-refractivity contribution is -0.274. The number of nitrogens with zero attached hydrogens (tertiary/aromatic N) is 2. The zero-order valence-electron chi connectivity index (χ0n) is 33.3. The van der Waals surface area contributed by atoms with E-state index in [9.17, 15) is 35.1 Å². The summed E-state index contributed by atoms with van der Waals surface area (Å²) in [6.07, 6.45) is -10.0. The minimum atomic E-state index is -2.69. The van der Waals surface area contributed by atoms with Crippen molar-refractivity contribution < 1.29 is 54.1 Å². The molecule has 312 valence electrons. The summed E-state index contributed by atoms with van der Waals surface area (Å²) in [5.41, 5.74) is 0.689. The lowest BCUT2D eigenvalue weighted by Gasteiger charge is -2.37. The summed E-state index contributed by atoms with van der Waals surface area (Å²) in [5, 5.41) is 54.7. The molecule has 2 fully saturated rings. The Kier molecular flexibility index (Phi) is 12.1. The van der Waals surface area contributed by atoms with Gasteiger partial charge in [-0.3, -0.25) is 19.3 Å². The Bertz CT molecular complexity index is 2140. The Morgan fingerprint density at radius 1 is 0.898 bits per heavy atom. The molecule has 4 aromatic rings. The minimum Gasteiger partial charge on any atom is -0.497 e. The number of hydrogen-bond donors (Lipinski definition) is 6. The van der Waals surface area contributed by atoms with Gasteiger partial charge in [-0.2, -0.15) is 0 Å². The van der Waals surface area contributed by atoms with Gasteiger partial charge < -0.3 is 50.0 Å². The average molecular weight is 826 g/mol.